The molecule has 96 valence electrons. The first-order valence-corrected chi connectivity index (χ1v) is 6.63. The van der Waals surface area contributed by atoms with Gasteiger partial charge in [-0.3, -0.25) is 5.10 Å². The summed E-state index contributed by atoms with van der Waals surface area (Å²) in [7, 11) is 0. The molecule has 0 unspecified atom stereocenters. The topological polar surface area (TPSA) is 69.4 Å². The monoisotopic (exact) mass is 253 g/mol. The summed E-state index contributed by atoms with van der Waals surface area (Å²) < 4.78 is 0. The number of aromatic amines is 2. The van der Waals surface area contributed by atoms with Crippen LogP contribution in [-0.2, 0) is 19.4 Å². The Morgan fingerprint density at radius 1 is 1.21 bits per heavy atom. The van der Waals surface area contributed by atoms with Gasteiger partial charge in [-0.2, -0.15) is 5.10 Å². The number of nitrogens with zero attached hydrogens (tertiary/aromatic N) is 2. The fraction of sp³-hybridized carbons (Fsp3) is 0.286. The lowest BCUT2D eigenvalue weighted by molar-refractivity contribution is 0.840. The first-order chi connectivity index (χ1) is 9.40. The molecule has 3 heterocycles. The van der Waals surface area contributed by atoms with E-state index in [4.69, 9.17) is 0 Å². The first-order valence-electron chi connectivity index (χ1n) is 6.63. The Bertz CT molecular complexity index is 724. The second-order valence-electron chi connectivity index (χ2n) is 4.95. The second-order valence-corrected chi connectivity index (χ2v) is 4.95. The van der Waals surface area contributed by atoms with Gasteiger partial charge in [-0.25, -0.2) is 4.98 Å². The van der Waals surface area contributed by atoms with Crippen LogP contribution in [0.5, 0.6) is 0 Å². The molecule has 0 aromatic carbocycles. The molecule has 3 aromatic heterocycles. The molecule has 0 amide bonds. The molecular formula is C14H15N5. The Morgan fingerprint density at radius 3 is 3.21 bits per heavy atom. The normalized spacial score (nSPS) is 13.9. The van der Waals surface area contributed by atoms with Gasteiger partial charge in [-0.05, 0) is 43.0 Å². The van der Waals surface area contributed by atoms with Crippen LogP contribution in [0.1, 0.15) is 23.4 Å². The van der Waals surface area contributed by atoms with E-state index in [-0.39, 0.29) is 0 Å². The lowest BCUT2D eigenvalue weighted by atomic mass is 10.2. The van der Waals surface area contributed by atoms with Crippen molar-refractivity contribution in [2.75, 3.05) is 5.32 Å². The highest BCUT2D eigenvalue weighted by molar-refractivity contribution is 5.77. The summed E-state index contributed by atoms with van der Waals surface area (Å²) in [4.78, 5) is 7.65. The number of aromatic nitrogens is 4. The number of hydrogen-bond acceptors (Lipinski definition) is 3. The van der Waals surface area contributed by atoms with Crippen molar-refractivity contribution in [2.45, 2.75) is 25.8 Å². The van der Waals surface area contributed by atoms with Gasteiger partial charge in [-0.1, -0.05) is 0 Å². The van der Waals surface area contributed by atoms with E-state index < -0.39 is 0 Å². The van der Waals surface area contributed by atoms with E-state index in [1.165, 1.54) is 17.7 Å². The highest BCUT2D eigenvalue weighted by atomic mass is 15.1. The van der Waals surface area contributed by atoms with Crippen molar-refractivity contribution in [2.24, 2.45) is 0 Å². The van der Waals surface area contributed by atoms with Crippen molar-refractivity contribution < 1.29 is 0 Å². The van der Waals surface area contributed by atoms with Crippen LogP contribution >= 0.6 is 0 Å². The van der Waals surface area contributed by atoms with E-state index in [1.807, 2.05) is 18.3 Å². The molecule has 0 radical (unpaired) electrons. The summed E-state index contributed by atoms with van der Waals surface area (Å²) in [6.45, 7) is 0.727. The molecule has 0 bridgehead atoms. The van der Waals surface area contributed by atoms with E-state index in [0.29, 0.717) is 0 Å². The van der Waals surface area contributed by atoms with Gasteiger partial charge in [0.25, 0.3) is 0 Å². The van der Waals surface area contributed by atoms with Crippen LogP contribution in [0.2, 0.25) is 0 Å². The molecule has 0 spiro atoms. The van der Waals surface area contributed by atoms with E-state index in [9.17, 15) is 0 Å². The maximum absolute atomic E-state index is 4.52. The molecule has 1 aliphatic carbocycles. The molecule has 5 heteroatoms. The largest absolute Gasteiger partial charge is 0.364 e. The van der Waals surface area contributed by atoms with Crippen LogP contribution in [-0.4, -0.2) is 20.2 Å². The predicted molar refractivity (Wildman–Crippen MR) is 74.0 cm³/mol. The molecule has 0 saturated heterocycles. The summed E-state index contributed by atoms with van der Waals surface area (Å²) >= 11 is 0. The maximum Gasteiger partial charge on any atom is 0.139 e. The highest BCUT2D eigenvalue weighted by Crippen LogP contribution is 2.23. The standard InChI is InChI=1S/C14H15N5/c1-2-10-11(3-1)18-19-12(10)8-16-13-5-4-9-6-7-15-14(9)17-13/h4-7H,1-3,8H2,(H,18,19)(H2,15,16,17). The van der Waals surface area contributed by atoms with Gasteiger partial charge in [0.2, 0.25) is 0 Å². The summed E-state index contributed by atoms with van der Waals surface area (Å²) in [5.41, 5.74) is 4.75. The Labute approximate surface area is 110 Å². The minimum atomic E-state index is 0.727. The van der Waals surface area contributed by atoms with E-state index >= 15 is 0 Å². The Hall–Kier alpha value is -2.30. The third-order valence-corrected chi connectivity index (χ3v) is 3.74. The van der Waals surface area contributed by atoms with E-state index in [2.05, 4.69) is 31.5 Å². The summed E-state index contributed by atoms with van der Waals surface area (Å²) in [6.07, 6.45) is 5.42. The number of fused-ring (bicyclic) bond motifs is 2. The fourth-order valence-electron chi connectivity index (χ4n) is 2.74. The number of pyridine rings is 1. The zero-order valence-electron chi connectivity index (χ0n) is 10.5. The minimum absolute atomic E-state index is 0.727. The lowest BCUT2D eigenvalue weighted by Gasteiger charge is -2.04. The zero-order valence-corrected chi connectivity index (χ0v) is 10.5. The van der Waals surface area contributed by atoms with Crippen LogP contribution in [0.4, 0.5) is 5.82 Å². The number of anilines is 1. The molecule has 0 atom stereocenters. The number of nitrogens with one attached hydrogen (secondary N) is 3. The van der Waals surface area contributed by atoms with Gasteiger partial charge in [0.05, 0.1) is 12.2 Å². The number of aryl methyl sites for hydroxylation is 1. The number of hydrogen-bond donors (Lipinski definition) is 3. The molecule has 19 heavy (non-hydrogen) atoms. The van der Waals surface area contributed by atoms with Gasteiger partial charge in [-0.15, -0.1) is 0 Å². The third-order valence-electron chi connectivity index (χ3n) is 3.74. The van der Waals surface area contributed by atoms with Gasteiger partial charge < -0.3 is 10.3 Å². The average Bonchev–Trinajstić information content (AvgIpc) is 3.12. The zero-order chi connectivity index (χ0) is 12.7. The SMILES string of the molecule is c1cc2ccc(NCc3n[nH]c4c3CCC4)nc2[nH]1. The molecule has 4 rings (SSSR count). The van der Waals surface area contributed by atoms with Gasteiger partial charge in [0.15, 0.2) is 0 Å². The molecule has 3 N–H and O–H groups in total. The molecule has 5 nitrogen and oxygen atoms in total. The van der Waals surface area contributed by atoms with Crippen LogP contribution in [0.25, 0.3) is 11.0 Å². The fourth-order valence-corrected chi connectivity index (χ4v) is 2.74. The van der Waals surface area contributed by atoms with Crippen molar-refractivity contribution in [1.29, 1.82) is 0 Å². The van der Waals surface area contributed by atoms with Gasteiger partial charge >= 0.3 is 0 Å². The molecule has 0 aliphatic heterocycles. The molecule has 3 aromatic rings. The van der Waals surface area contributed by atoms with Crippen molar-refractivity contribution in [3.8, 4) is 0 Å². The number of rotatable bonds is 3. The summed E-state index contributed by atoms with van der Waals surface area (Å²) in [6, 6.07) is 6.09. The van der Waals surface area contributed by atoms with Crippen LogP contribution in [0, 0.1) is 0 Å². The Kier molecular flexibility index (Phi) is 2.30. The lowest BCUT2D eigenvalue weighted by Crippen LogP contribution is -2.03. The average molecular weight is 253 g/mol. The maximum atomic E-state index is 4.52. The molecule has 0 fully saturated rings. The second kappa shape index (κ2) is 4.12. The Morgan fingerprint density at radius 2 is 2.21 bits per heavy atom. The smallest absolute Gasteiger partial charge is 0.139 e. The van der Waals surface area contributed by atoms with Crippen LogP contribution in [0.15, 0.2) is 24.4 Å². The van der Waals surface area contributed by atoms with Crippen molar-refractivity contribution >= 4 is 16.9 Å². The molecule has 0 saturated carbocycles. The van der Waals surface area contributed by atoms with Gasteiger partial charge in [0.1, 0.15) is 11.5 Å². The summed E-state index contributed by atoms with van der Waals surface area (Å²) in [5, 5.41) is 12.0. The van der Waals surface area contributed by atoms with E-state index in [0.717, 1.165) is 41.9 Å². The van der Waals surface area contributed by atoms with Crippen molar-refractivity contribution in [3.05, 3.63) is 41.3 Å². The molecular weight excluding hydrogens is 238 g/mol. The predicted octanol–water partition coefficient (Wildman–Crippen LogP) is 2.39. The first kappa shape index (κ1) is 10.6. The van der Waals surface area contributed by atoms with Crippen LogP contribution in [0.3, 0.4) is 0 Å². The van der Waals surface area contributed by atoms with E-state index in [1.54, 1.807) is 0 Å². The van der Waals surface area contributed by atoms with Gasteiger partial charge in [0, 0.05) is 17.3 Å². The Balaban J connectivity index is 1.54. The van der Waals surface area contributed by atoms with Crippen molar-refractivity contribution in [3.63, 3.8) is 0 Å². The molecule has 1 aliphatic rings. The van der Waals surface area contributed by atoms with Crippen LogP contribution < -0.4 is 5.32 Å². The number of H-pyrrole nitrogens is 2. The van der Waals surface area contributed by atoms with Crippen molar-refractivity contribution in [1.82, 2.24) is 20.2 Å². The summed E-state index contributed by atoms with van der Waals surface area (Å²) in [5.74, 6) is 0.879. The highest BCUT2D eigenvalue weighted by Gasteiger charge is 2.17. The third kappa shape index (κ3) is 1.78. The minimum Gasteiger partial charge on any atom is -0.364 e. The quantitative estimate of drug-likeness (QED) is 0.671.